The Morgan fingerprint density at radius 1 is 1.24 bits per heavy atom. The predicted molar refractivity (Wildman–Crippen MR) is 91.8 cm³/mol. The number of nitrogens with one attached hydrogen (secondary N) is 1. The van der Waals surface area contributed by atoms with Crippen molar-refractivity contribution in [2.75, 3.05) is 11.9 Å². The molecule has 1 N–H and O–H groups in total. The zero-order chi connectivity index (χ0) is 15.0. The summed E-state index contributed by atoms with van der Waals surface area (Å²) in [5, 5.41) is 7.58. The second-order valence-corrected chi connectivity index (χ2v) is 6.34. The van der Waals surface area contributed by atoms with E-state index in [2.05, 4.69) is 15.3 Å². The standard InChI is InChI=1S/C15H13Cl2N3S/c1-3-18-14-10-6-9(16)4-5-11(10)19-15(20-14)13-12(17)8(2)7-21-13/h4-7H,3H2,1-2H3,(H,18,19,20). The van der Waals surface area contributed by atoms with Gasteiger partial charge in [0.15, 0.2) is 5.82 Å². The van der Waals surface area contributed by atoms with Gasteiger partial charge in [-0.25, -0.2) is 9.97 Å². The molecule has 0 radical (unpaired) electrons. The van der Waals surface area contributed by atoms with Gasteiger partial charge in [0, 0.05) is 17.0 Å². The van der Waals surface area contributed by atoms with Crippen LogP contribution in [0.1, 0.15) is 12.5 Å². The molecule has 0 aliphatic carbocycles. The van der Waals surface area contributed by atoms with Gasteiger partial charge in [-0.1, -0.05) is 23.2 Å². The molecular weight excluding hydrogens is 325 g/mol. The van der Waals surface area contributed by atoms with Crippen molar-refractivity contribution in [1.29, 1.82) is 0 Å². The number of benzene rings is 1. The molecule has 0 amide bonds. The van der Waals surface area contributed by atoms with Crippen molar-refractivity contribution in [3.8, 4) is 10.7 Å². The maximum atomic E-state index is 6.34. The molecule has 6 heteroatoms. The minimum absolute atomic E-state index is 0.642. The van der Waals surface area contributed by atoms with Gasteiger partial charge in [-0.15, -0.1) is 11.3 Å². The van der Waals surface area contributed by atoms with Crippen LogP contribution in [0.4, 0.5) is 5.82 Å². The van der Waals surface area contributed by atoms with Crippen LogP contribution in [-0.4, -0.2) is 16.5 Å². The molecule has 21 heavy (non-hydrogen) atoms. The van der Waals surface area contributed by atoms with Crippen molar-refractivity contribution < 1.29 is 0 Å². The van der Waals surface area contributed by atoms with Crippen LogP contribution in [0.3, 0.4) is 0 Å². The third-order valence-corrected chi connectivity index (χ3v) is 5.03. The van der Waals surface area contributed by atoms with E-state index in [1.165, 1.54) is 0 Å². The summed E-state index contributed by atoms with van der Waals surface area (Å²) in [5.41, 5.74) is 1.89. The van der Waals surface area contributed by atoms with E-state index >= 15 is 0 Å². The minimum atomic E-state index is 0.642. The second-order valence-electron chi connectivity index (χ2n) is 4.65. The van der Waals surface area contributed by atoms with Crippen LogP contribution in [-0.2, 0) is 0 Å². The van der Waals surface area contributed by atoms with Crippen molar-refractivity contribution in [2.45, 2.75) is 13.8 Å². The van der Waals surface area contributed by atoms with E-state index in [-0.39, 0.29) is 0 Å². The van der Waals surface area contributed by atoms with Crippen molar-refractivity contribution in [1.82, 2.24) is 9.97 Å². The Labute approximate surface area is 137 Å². The Balaban J connectivity index is 2.25. The normalized spacial score (nSPS) is 11.0. The number of hydrogen-bond acceptors (Lipinski definition) is 4. The highest BCUT2D eigenvalue weighted by Gasteiger charge is 2.15. The van der Waals surface area contributed by atoms with E-state index in [1.807, 2.05) is 37.4 Å². The van der Waals surface area contributed by atoms with Crippen LogP contribution in [0.5, 0.6) is 0 Å². The lowest BCUT2D eigenvalue weighted by Gasteiger charge is -2.09. The van der Waals surface area contributed by atoms with Crippen molar-refractivity contribution in [3.63, 3.8) is 0 Å². The molecule has 0 bridgehead atoms. The Morgan fingerprint density at radius 2 is 2.05 bits per heavy atom. The van der Waals surface area contributed by atoms with Crippen LogP contribution in [0.15, 0.2) is 23.6 Å². The molecule has 108 valence electrons. The van der Waals surface area contributed by atoms with Gasteiger partial charge in [0.25, 0.3) is 0 Å². The van der Waals surface area contributed by atoms with E-state index in [9.17, 15) is 0 Å². The van der Waals surface area contributed by atoms with Crippen molar-refractivity contribution in [3.05, 3.63) is 39.2 Å². The monoisotopic (exact) mass is 337 g/mol. The van der Waals surface area contributed by atoms with Gasteiger partial charge in [0.05, 0.1) is 15.4 Å². The Hall–Kier alpha value is -1.36. The Kier molecular flexibility index (Phi) is 4.02. The molecular formula is C15H13Cl2N3S. The molecule has 3 rings (SSSR count). The first-order chi connectivity index (χ1) is 10.1. The fraction of sp³-hybridized carbons (Fsp3) is 0.200. The number of hydrogen-bond donors (Lipinski definition) is 1. The number of aryl methyl sites for hydroxylation is 1. The van der Waals surface area contributed by atoms with Crippen LogP contribution >= 0.6 is 34.5 Å². The van der Waals surface area contributed by atoms with Crippen LogP contribution < -0.4 is 5.32 Å². The minimum Gasteiger partial charge on any atom is -0.370 e. The summed E-state index contributed by atoms with van der Waals surface area (Å²) in [4.78, 5) is 10.1. The number of fused-ring (bicyclic) bond motifs is 1. The van der Waals surface area contributed by atoms with E-state index < -0.39 is 0 Å². The van der Waals surface area contributed by atoms with E-state index in [0.29, 0.717) is 10.8 Å². The maximum absolute atomic E-state index is 6.34. The number of anilines is 1. The molecule has 0 aliphatic rings. The Morgan fingerprint density at radius 3 is 2.71 bits per heavy atom. The van der Waals surface area contributed by atoms with Gasteiger partial charge in [-0.3, -0.25) is 0 Å². The molecule has 0 unspecified atom stereocenters. The number of nitrogens with zero attached hydrogens (tertiary/aromatic N) is 2. The average molecular weight is 338 g/mol. The third-order valence-electron chi connectivity index (χ3n) is 3.10. The van der Waals surface area contributed by atoms with E-state index in [4.69, 9.17) is 23.2 Å². The number of aromatic nitrogens is 2. The zero-order valence-corrected chi connectivity index (χ0v) is 13.9. The third kappa shape index (κ3) is 2.71. The molecule has 0 saturated carbocycles. The Bertz CT molecular complexity index is 814. The first kappa shape index (κ1) is 14.6. The largest absolute Gasteiger partial charge is 0.370 e. The van der Waals surface area contributed by atoms with E-state index in [1.54, 1.807) is 11.3 Å². The maximum Gasteiger partial charge on any atom is 0.173 e. The zero-order valence-electron chi connectivity index (χ0n) is 11.6. The summed E-state index contributed by atoms with van der Waals surface area (Å²) < 4.78 is 0. The lowest BCUT2D eigenvalue weighted by Crippen LogP contribution is -2.02. The summed E-state index contributed by atoms with van der Waals surface area (Å²) in [6, 6.07) is 5.61. The SMILES string of the molecule is CCNc1nc(-c2scc(C)c2Cl)nc2ccc(Cl)cc12. The van der Waals surface area contributed by atoms with Gasteiger partial charge >= 0.3 is 0 Å². The lowest BCUT2D eigenvalue weighted by molar-refractivity contribution is 1.15. The average Bonchev–Trinajstić information content (AvgIpc) is 2.80. The predicted octanol–water partition coefficient (Wildman–Crippen LogP) is 5.41. The molecule has 2 aromatic heterocycles. The second kappa shape index (κ2) is 5.79. The molecule has 0 spiro atoms. The molecule has 0 saturated heterocycles. The van der Waals surface area contributed by atoms with E-state index in [0.717, 1.165) is 38.7 Å². The summed E-state index contributed by atoms with van der Waals surface area (Å²) >= 11 is 14.0. The fourth-order valence-corrected chi connectivity index (χ4v) is 3.47. The lowest BCUT2D eigenvalue weighted by atomic mass is 10.2. The highest BCUT2D eigenvalue weighted by Crippen LogP contribution is 2.36. The fourth-order valence-electron chi connectivity index (χ4n) is 2.09. The highest BCUT2D eigenvalue weighted by molar-refractivity contribution is 7.14. The number of thiophene rings is 1. The molecule has 0 atom stereocenters. The van der Waals surface area contributed by atoms with Gasteiger partial charge in [0.2, 0.25) is 0 Å². The van der Waals surface area contributed by atoms with Crippen LogP contribution in [0.2, 0.25) is 10.0 Å². The quantitative estimate of drug-likeness (QED) is 0.694. The summed E-state index contributed by atoms with van der Waals surface area (Å²) in [7, 11) is 0. The first-order valence-corrected chi connectivity index (χ1v) is 8.19. The van der Waals surface area contributed by atoms with Gasteiger partial charge in [0.1, 0.15) is 5.82 Å². The molecule has 1 aromatic carbocycles. The molecule has 3 nitrogen and oxygen atoms in total. The van der Waals surface area contributed by atoms with Crippen LogP contribution in [0.25, 0.3) is 21.6 Å². The first-order valence-electron chi connectivity index (χ1n) is 6.55. The van der Waals surface area contributed by atoms with Gasteiger partial charge in [-0.05, 0) is 43.0 Å². The molecule has 0 fully saturated rings. The summed E-state index contributed by atoms with van der Waals surface area (Å²) in [6.07, 6.45) is 0. The summed E-state index contributed by atoms with van der Waals surface area (Å²) in [5.74, 6) is 1.42. The van der Waals surface area contributed by atoms with Crippen molar-refractivity contribution >= 4 is 51.3 Å². The molecule has 0 aliphatic heterocycles. The number of rotatable bonds is 3. The van der Waals surface area contributed by atoms with Crippen LogP contribution in [0, 0.1) is 6.92 Å². The highest BCUT2D eigenvalue weighted by atomic mass is 35.5. The summed E-state index contributed by atoms with van der Waals surface area (Å²) in [6.45, 7) is 4.78. The molecule has 2 heterocycles. The smallest absolute Gasteiger partial charge is 0.173 e. The number of halogens is 2. The molecule has 3 aromatic rings. The van der Waals surface area contributed by atoms with Gasteiger partial charge in [-0.2, -0.15) is 0 Å². The van der Waals surface area contributed by atoms with Crippen molar-refractivity contribution in [2.24, 2.45) is 0 Å². The van der Waals surface area contributed by atoms with Gasteiger partial charge < -0.3 is 5.32 Å². The topological polar surface area (TPSA) is 37.8 Å².